The predicted octanol–water partition coefficient (Wildman–Crippen LogP) is 12.4. The fourth-order valence-corrected chi connectivity index (χ4v) is 9.20. The maximum atomic E-state index is 16.2. The van der Waals surface area contributed by atoms with E-state index < -0.39 is 17.0 Å². The second-order valence-corrected chi connectivity index (χ2v) is 15.1. The Morgan fingerprint density at radius 1 is 0.545 bits per heavy atom. The Morgan fingerprint density at radius 2 is 0.886 bits per heavy atom. The molecule has 0 aromatic heterocycles. The number of hydrogen-bond donors (Lipinski definition) is 0. The van der Waals surface area contributed by atoms with Crippen molar-refractivity contribution in [1.82, 2.24) is 0 Å². The molecule has 3 saturated carbocycles. The Hall–Kier alpha value is -1.96. The van der Waals surface area contributed by atoms with Crippen LogP contribution in [0.25, 0.3) is 0 Å². The van der Waals surface area contributed by atoms with Crippen molar-refractivity contribution in [2.45, 2.75) is 173 Å². The second-order valence-electron chi connectivity index (χ2n) is 15.1. The SMILES string of the molecule is CCCCCCCCc1ccc(C2CCC3(CC2)C(=O)C2(CCC(c4ccc(CCCCCCCC)cc4)CC2)C3F)cc1. The highest BCUT2D eigenvalue weighted by Crippen LogP contribution is 2.66. The average molecular weight is 601 g/mol. The Labute approximate surface area is 269 Å². The van der Waals surface area contributed by atoms with E-state index in [1.165, 1.54) is 112 Å². The molecule has 0 heterocycles. The summed E-state index contributed by atoms with van der Waals surface area (Å²) in [6.45, 7) is 4.54. The average Bonchev–Trinajstić information content (AvgIpc) is 3.08. The highest BCUT2D eigenvalue weighted by molar-refractivity contribution is 5.98. The first-order chi connectivity index (χ1) is 21.5. The van der Waals surface area contributed by atoms with Gasteiger partial charge in [0.15, 0.2) is 5.78 Å². The van der Waals surface area contributed by atoms with Crippen LogP contribution in [0.4, 0.5) is 4.39 Å². The Morgan fingerprint density at radius 3 is 1.23 bits per heavy atom. The molecule has 3 aliphatic carbocycles. The molecule has 3 fully saturated rings. The smallest absolute Gasteiger partial charge is 0.151 e. The van der Waals surface area contributed by atoms with Crippen molar-refractivity contribution in [3.8, 4) is 0 Å². The molecular formula is C42H61FO. The van der Waals surface area contributed by atoms with Gasteiger partial charge in [0.25, 0.3) is 0 Å². The fraction of sp³-hybridized carbons (Fsp3) is 0.690. The molecule has 0 radical (unpaired) electrons. The predicted molar refractivity (Wildman–Crippen MR) is 184 cm³/mol. The molecule has 5 rings (SSSR count). The van der Waals surface area contributed by atoms with Gasteiger partial charge in [0, 0.05) is 0 Å². The van der Waals surface area contributed by atoms with Crippen molar-refractivity contribution < 1.29 is 9.18 Å². The van der Waals surface area contributed by atoms with Crippen LogP contribution in [0.15, 0.2) is 48.5 Å². The standard InChI is InChI=1S/C42H61FO/c1-3-5-7-9-11-13-15-33-17-21-35(22-18-33)37-25-29-41(30-26-37)39(43)42(40(41)44)31-27-38(28-32-42)36-23-19-34(20-24-36)16-14-12-10-8-6-4-2/h17-24,37-39H,3-16,25-32H2,1-2H3. The summed E-state index contributed by atoms with van der Waals surface area (Å²) >= 11 is 0. The number of hydrogen-bond acceptors (Lipinski definition) is 1. The summed E-state index contributed by atoms with van der Waals surface area (Å²) in [5.41, 5.74) is 4.30. The van der Waals surface area contributed by atoms with Crippen LogP contribution in [0.2, 0.25) is 0 Å². The highest BCUT2D eigenvalue weighted by atomic mass is 19.1. The molecule has 0 atom stereocenters. The minimum Gasteiger partial charge on any atom is -0.298 e. The van der Waals surface area contributed by atoms with E-state index in [4.69, 9.17) is 0 Å². The largest absolute Gasteiger partial charge is 0.298 e. The summed E-state index contributed by atoms with van der Waals surface area (Å²) in [7, 11) is 0. The lowest BCUT2D eigenvalue weighted by Gasteiger charge is -2.61. The quantitative estimate of drug-likeness (QED) is 0.175. The third-order valence-corrected chi connectivity index (χ3v) is 12.2. The maximum Gasteiger partial charge on any atom is 0.151 e. The van der Waals surface area contributed by atoms with E-state index in [2.05, 4.69) is 62.4 Å². The number of rotatable bonds is 16. The van der Waals surface area contributed by atoms with Crippen LogP contribution in [-0.2, 0) is 17.6 Å². The molecule has 1 nitrogen and oxygen atoms in total. The van der Waals surface area contributed by atoms with Crippen molar-refractivity contribution >= 4 is 5.78 Å². The normalized spacial score (nSPS) is 28.4. The van der Waals surface area contributed by atoms with Crippen molar-refractivity contribution in [3.63, 3.8) is 0 Å². The first kappa shape index (κ1) is 33.4. The van der Waals surface area contributed by atoms with E-state index in [0.29, 0.717) is 11.8 Å². The molecule has 0 unspecified atom stereocenters. The lowest BCUT2D eigenvalue weighted by atomic mass is 9.41. The van der Waals surface area contributed by atoms with E-state index in [-0.39, 0.29) is 5.78 Å². The summed E-state index contributed by atoms with van der Waals surface area (Å²) < 4.78 is 16.2. The molecule has 3 aliphatic rings. The van der Waals surface area contributed by atoms with Gasteiger partial charge >= 0.3 is 0 Å². The van der Waals surface area contributed by atoms with Gasteiger partial charge in [-0.1, -0.05) is 127 Å². The van der Waals surface area contributed by atoms with Crippen LogP contribution in [0.3, 0.4) is 0 Å². The third kappa shape index (κ3) is 7.53. The maximum absolute atomic E-state index is 16.2. The van der Waals surface area contributed by atoms with Gasteiger partial charge in [0.2, 0.25) is 0 Å². The Kier molecular flexibility index (Phi) is 12.2. The van der Waals surface area contributed by atoms with E-state index in [1.54, 1.807) is 0 Å². The number of carbonyl (C=O) groups excluding carboxylic acids is 1. The van der Waals surface area contributed by atoms with E-state index >= 15 is 4.39 Å². The molecular weight excluding hydrogens is 539 g/mol. The van der Waals surface area contributed by atoms with Crippen molar-refractivity contribution in [1.29, 1.82) is 0 Å². The molecule has 2 aromatic carbocycles. The third-order valence-electron chi connectivity index (χ3n) is 12.2. The molecule has 2 aromatic rings. The zero-order valence-corrected chi connectivity index (χ0v) is 28.2. The number of benzene rings is 2. The van der Waals surface area contributed by atoms with Gasteiger partial charge in [-0.15, -0.1) is 0 Å². The monoisotopic (exact) mass is 600 g/mol. The van der Waals surface area contributed by atoms with Crippen molar-refractivity contribution in [2.75, 3.05) is 0 Å². The number of aryl methyl sites for hydroxylation is 2. The first-order valence-electron chi connectivity index (χ1n) is 18.9. The van der Waals surface area contributed by atoms with Gasteiger partial charge < -0.3 is 0 Å². The minimum atomic E-state index is -0.941. The zero-order valence-electron chi connectivity index (χ0n) is 28.2. The molecule has 0 aliphatic heterocycles. The summed E-state index contributed by atoms with van der Waals surface area (Å²) in [6.07, 6.45) is 24.2. The first-order valence-corrected chi connectivity index (χ1v) is 18.9. The number of Topliss-reactive ketones (excluding diaryl/α,β-unsaturated/α-hetero) is 1. The Balaban J connectivity index is 1.05. The Bertz CT molecular complexity index is 1040. The van der Waals surface area contributed by atoms with E-state index in [9.17, 15) is 4.79 Å². The van der Waals surface area contributed by atoms with Crippen molar-refractivity contribution in [3.05, 3.63) is 70.8 Å². The summed E-state index contributed by atoms with van der Waals surface area (Å²) in [5.74, 6) is 1.23. The van der Waals surface area contributed by atoms with Crippen molar-refractivity contribution in [2.24, 2.45) is 10.8 Å². The number of alkyl halides is 1. The van der Waals surface area contributed by atoms with Gasteiger partial charge in [-0.25, -0.2) is 4.39 Å². The number of ketones is 1. The van der Waals surface area contributed by atoms with Gasteiger partial charge in [0.05, 0.1) is 10.8 Å². The molecule has 0 N–H and O–H groups in total. The van der Waals surface area contributed by atoms with Crippen LogP contribution in [0.1, 0.15) is 176 Å². The number of unbranched alkanes of at least 4 members (excludes halogenated alkanes) is 10. The van der Waals surface area contributed by atoms with Crippen LogP contribution in [0.5, 0.6) is 0 Å². The van der Waals surface area contributed by atoms with E-state index in [1.807, 2.05) is 0 Å². The molecule has 0 saturated heterocycles. The summed E-state index contributed by atoms with van der Waals surface area (Å²) in [5, 5.41) is 0. The van der Waals surface area contributed by atoms with Gasteiger partial charge in [-0.2, -0.15) is 0 Å². The van der Waals surface area contributed by atoms with Crippen LogP contribution in [0, 0.1) is 10.8 Å². The van der Waals surface area contributed by atoms with Gasteiger partial charge in [-0.05, 0) is 111 Å². The van der Waals surface area contributed by atoms with Crippen LogP contribution < -0.4 is 0 Å². The zero-order chi connectivity index (χ0) is 30.8. The number of halogens is 1. The molecule has 2 heteroatoms. The molecule has 0 amide bonds. The topological polar surface area (TPSA) is 17.1 Å². The number of carbonyl (C=O) groups is 1. The summed E-state index contributed by atoms with van der Waals surface area (Å²) in [4.78, 5) is 13.8. The van der Waals surface area contributed by atoms with Gasteiger partial charge in [0.1, 0.15) is 6.17 Å². The lowest BCUT2D eigenvalue weighted by Crippen LogP contribution is -2.69. The lowest BCUT2D eigenvalue weighted by molar-refractivity contribution is -0.191. The molecule has 2 spiro atoms. The molecule has 44 heavy (non-hydrogen) atoms. The van der Waals surface area contributed by atoms with Crippen LogP contribution in [-0.4, -0.2) is 12.0 Å². The van der Waals surface area contributed by atoms with E-state index in [0.717, 1.165) is 51.4 Å². The fourth-order valence-electron chi connectivity index (χ4n) is 9.20. The summed E-state index contributed by atoms with van der Waals surface area (Å²) in [6, 6.07) is 18.5. The van der Waals surface area contributed by atoms with Crippen LogP contribution >= 0.6 is 0 Å². The van der Waals surface area contributed by atoms with Gasteiger partial charge in [-0.3, -0.25) is 4.79 Å². The second kappa shape index (κ2) is 16.0. The highest BCUT2D eigenvalue weighted by Gasteiger charge is 2.71. The molecule has 242 valence electrons. The minimum absolute atomic E-state index is 0.290. The molecule has 0 bridgehead atoms.